The monoisotopic (exact) mass is 243 g/mol. The van der Waals surface area contributed by atoms with Gasteiger partial charge in [0.05, 0.1) is 6.04 Å². The van der Waals surface area contributed by atoms with Crippen LogP contribution in [0.1, 0.15) is 40.5 Å². The standard InChI is InChI=1S/C12H25N3O2/c1-9(16)14-8-6-7-10(11(17)13-5)15-12(2,3)4/h10,15H,6-8H2,1-5H3,(H,13,17)(H,14,16). The van der Waals surface area contributed by atoms with Crippen molar-refractivity contribution < 1.29 is 9.59 Å². The minimum Gasteiger partial charge on any atom is -0.358 e. The van der Waals surface area contributed by atoms with Crippen LogP contribution in [0.4, 0.5) is 0 Å². The number of carbonyl (C=O) groups is 2. The Morgan fingerprint density at radius 3 is 2.24 bits per heavy atom. The first-order valence-electron chi connectivity index (χ1n) is 6.00. The van der Waals surface area contributed by atoms with Crippen molar-refractivity contribution in [1.82, 2.24) is 16.0 Å². The minimum atomic E-state index is -0.214. The number of carbonyl (C=O) groups excluding carboxylic acids is 2. The lowest BCUT2D eigenvalue weighted by Crippen LogP contribution is -2.51. The zero-order chi connectivity index (χ0) is 13.5. The Kier molecular flexibility index (Phi) is 6.80. The highest BCUT2D eigenvalue weighted by atomic mass is 16.2. The van der Waals surface area contributed by atoms with E-state index in [2.05, 4.69) is 16.0 Å². The highest BCUT2D eigenvalue weighted by molar-refractivity contribution is 5.81. The zero-order valence-electron chi connectivity index (χ0n) is 11.5. The second-order valence-electron chi connectivity index (χ2n) is 5.19. The zero-order valence-corrected chi connectivity index (χ0v) is 11.5. The molecule has 17 heavy (non-hydrogen) atoms. The highest BCUT2D eigenvalue weighted by Gasteiger charge is 2.22. The molecule has 0 aliphatic carbocycles. The second-order valence-corrected chi connectivity index (χ2v) is 5.19. The predicted octanol–water partition coefficient (Wildman–Crippen LogP) is 0.405. The van der Waals surface area contributed by atoms with Gasteiger partial charge in [0.1, 0.15) is 0 Å². The smallest absolute Gasteiger partial charge is 0.236 e. The van der Waals surface area contributed by atoms with Gasteiger partial charge in [-0.15, -0.1) is 0 Å². The molecule has 0 bridgehead atoms. The lowest BCUT2D eigenvalue weighted by Gasteiger charge is -2.27. The molecule has 0 aromatic heterocycles. The summed E-state index contributed by atoms with van der Waals surface area (Å²) in [5, 5.41) is 8.64. The summed E-state index contributed by atoms with van der Waals surface area (Å²) in [4.78, 5) is 22.4. The van der Waals surface area contributed by atoms with Crippen molar-refractivity contribution in [2.75, 3.05) is 13.6 Å². The van der Waals surface area contributed by atoms with Gasteiger partial charge in [0, 0.05) is 26.1 Å². The SMILES string of the molecule is CNC(=O)C(CCCNC(C)=O)NC(C)(C)C. The summed E-state index contributed by atoms with van der Waals surface area (Å²) in [7, 11) is 1.63. The van der Waals surface area contributed by atoms with E-state index in [0.717, 1.165) is 6.42 Å². The Morgan fingerprint density at radius 2 is 1.82 bits per heavy atom. The molecule has 0 aromatic rings. The number of amides is 2. The summed E-state index contributed by atoms with van der Waals surface area (Å²) in [5.74, 6) is -0.0481. The fourth-order valence-electron chi connectivity index (χ4n) is 1.54. The lowest BCUT2D eigenvalue weighted by atomic mass is 10.0. The molecule has 0 spiro atoms. The molecule has 100 valence electrons. The molecule has 0 aliphatic heterocycles. The molecular formula is C12H25N3O2. The van der Waals surface area contributed by atoms with E-state index in [1.165, 1.54) is 6.92 Å². The molecule has 1 unspecified atom stereocenters. The predicted molar refractivity (Wildman–Crippen MR) is 68.7 cm³/mol. The molecule has 0 aliphatic rings. The lowest BCUT2D eigenvalue weighted by molar-refractivity contribution is -0.123. The van der Waals surface area contributed by atoms with Crippen molar-refractivity contribution in [3.63, 3.8) is 0 Å². The molecule has 0 saturated heterocycles. The van der Waals surface area contributed by atoms with Crippen molar-refractivity contribution in [1.29, 1.82) is 0 Å². The first kappa shape index (κ1) is 15.9. The average molecular weight is 243 g/mol. The van der Waals surface area contributed by atoms with Crippen LogP contribution in [0.5, 0.6) is 0 Å². The number of hydrogen-bond donors (Lipinski definition) is 3. The van der Waals surface area contributed by atoms with Gasteiger partial charge in [-0.1, -0.05) is 0 Å². The fourth-order valence-corrected chi connectivity index (χ4v) is 1.54. The van der Waals surface area contributed by atoms with E-state index in [9.17, 15) is 9.59 Å². The van der Waals surface area contributed by atoms with Crippen LogP contribution in [0.25, 0.3) is 0 Å². The normalized spacial score (nSPS) is 13.0. The summed E-state index contributed by atoms with van der Waals surface area (Å²) < 4.78 is 0. The Morgan fingerprint density at radius 1 is 1.24 bits per heavy atom. The maximum absolute atomic E-state index is 11.7. The van der Waals surface area contributed by atoms with Crippen LogP contribution in [-0.4, -0.2) is 37.0 Å². The maximum atomic E-state index is 11.7. The first-order valence-corrected chi connectivity index (χ1v) is 6.00. The van der Waals surface area contributed by atoms with Gasteiger partial charge in [-0.05, 0) is 33.6 Å². The molecular weight excluding hydrogens is 218 g/mol. The van der Waals surface area contributed by atoms with Gasteiger partial charge in [-0.25, -0.2) is 0 Å². The summed E-state index contributed by atoms with van der Waals surface area (Å²) in [5.41, 5.74) is -0.106. The topological polar surface area (TPSA) is 70.2 Å². The Balaban J connectivity index is 4.12. The van der Waals surface area contributed by atoms with Crippen molar-refractivity contribution in [3.05, 3.63) is 0 Å². The fraction of sp³-hybridized carbons (Fsp3) is 0.833. The van der Waals surface area contributed by atoms with Crippen molar-refractivity contribution in [2.45, 2.75) is 52.1 Å². The van der Waals surface area contributed by atoms with Crippen molar-refractivity contribution in [3.8, 4) is 0 Å². The van der Waals surface area contributed by atoms with Gasteiger partial charge in [0.15, 0.2) is 0 Å². The molecule has 5 heteroatoms. The van der Waals surface area contributed by atoms with E-state index in [-0.39, 0.29) is 23.4 Å². The Bertz CT molecular complexity index is 259. The summed E-state index contributed by atoms with van der Waals surface area (Å²) >= 11 is 0. The van der Waals surface area contributed by atoms with Crippen molar-refractivity contribution in [2.24, 2.45) is 0 Å². The second kappa shape index (κ2) is 7.27. The van der Waals surface area contributed by atoms with E-state index in [0.29, 0.717) is 13.0 Å². The van der Waals surface area contributed by atoms with Crippen molar-refractivity contribution >= 4 is 11.8 Å². The van der Waals surface area contributed by atoms with Crippen LogP contribution < -0.4 is 16.0 Å². The quantitative estimate of drug-likeness (QED) is 0.592. The van der Waals surface area contributed by atoms with Gasteiger partial charge < -0.3 is 16.0 Å². The minimum absolute atomic E-state index is 0.0113. The number of hydrogen-bond acceptors (Lipinski definition) is 3. The third-order valence-corrected chi connectivity index (χ3v) is 2.21. The van der Waals surface area contributed by atoms with Gasteiger partial charge >= 0.3 is 0 Å². The third-order valence-electron chi connectivity index (χ3n) is 2.21. The molecule has 0 radical (unpaired) electrons. The molecule has 3 N–H and O–H groups in total. The molecule has 2 amide bonds. The number of rotatable bonds is 6. The van der Waals surface area contributed by atoms with E-state index in [1.807, 2.05) is 20.8 Å². The van der Waals surface area contributed by atoms with Gasteiger partial charge in [0.25, 0.3) is 0 Å². The average Bonchev–Trinajstić information content (AvgIpc) is 2.19. The van der Waals surface area contributed by atoms with E-state index < -0.39 is 0 Å². The van der Waals surface area contributed by atoms with Crippen LogP contribution in [0, 0.1) is 0 Å². The number of likely N-dealkylation sites (N-methyl/N-ethyl adjacent to an activating group) is 1. The largest absolute Gasteiger partial charge is 0.358 e. The number of nitrogens with one attached hydrogen (secondary N) is 3. The molecule has 0 aromatic carbocycles. The molecule has 0 rings (SSSR count). The first-order chi connectivity index (χ1) is 7.76. The third kappa shape index (κ3) is 8.68. The summed E-state index contributed by atoms with van der Waals surface area (Å²) in [6.45, 7) is 8.17. The van der Waals surface area contributed by atoms with Gasteiger partial charge in [-0.2, -0.15) is 0 Å². The van der Waals surface area contributed by atoms with Crippen LogP contribution in [0.3, 0.4) is 0 Å². The van der Waals surface area contributed by atoms with E-state index in [4.69, 9.17) is 0 Å². The maximum Gasteiger partial charge on any atom is 0.236 e. The van der Waals surface area contributed by atoms with E-state index >= 15 is 0 Å². The van der Waals surface area contributed by atoms with Crippen LogP contribution >= 0.6 is 0 Å². The Labute approximate surface area is 104 Å². The van der Waals surface area contributed by atoms with Crippen LogP contribution in [0.15, 0.2) is 0 Å². The molecule has 5 nitrogen and oxygen atoms in total. The molecule has 0 saturated carbocycles. The van der Waals surface area contributed by atoms with Crippen LogP contribution in [0.2, 0.25) is 0 Å². The highest BCUT2D eigenvalue weighted by Crippen LogP contribution is 2.05. The molecule has 1 atom stereocenters. The summed E-state index contributed by atoms with van der Waals surface area (Å²) in [6.07, 6.45) is 1.48. The molecule has 0 heterocycles. The molecule has 0 fully saturated rings. The van der Waals surface area contributed by atoms with Gasteiger partial charge in [-0.3, -0.25) is 9.59 Å². The van der Waals surface area contributed by atoms with E-state index in [1.54, 1.807) is 7.05 Å². The Hall–Kier alpha value is -1.10. The summed E-state index contributed by atoms with van der Waals surface area (Å²) in [6, 6.07) is -0.214. The van der Waals surface area contributed by atoms with Crippen LogP contribution in [-0.2, 0) is 9.59 Å². The van der Waals surface area contributed by atoms with Gasteiger partial charge in [0.2, 0.25) is 11.8 Å².